The number of hydrogen-bond donors (Lipinski definition) is 2. The molecule has 3 rings (SSSR count). The lowest BCUT2D eigenvalue weighted by Gasteiger charge is -2.25. The van der Waals surface area contributed by atoms with Crippen LogP contribution in [0.3, 0.4) is 0 Å². The summed E-state index contributed by atoms with van der Waals surface area (Å²) in [5.74, 6) is 0.903. The molecule has 1 aliphatic rings. The summed E-state index contributed by atoms with van der Waals surface area (Å²) < 4.78 is 11.1. The number of morpholine rings is 1. The first-order valence-electron chi connectivity index (χ1n) is 7.14. The second-order valence-electron chi connectivity index (χ2n) is 5.08. The van der Waals surface area contributed by atoms with Crippen LogP contribution in [0.25, 0.3) is 0 Å². The van der Waals surface area contributed by atoms with Crippen LogP contribution in [0.1, 0.15) is 17.2 Å². The monoisotopic (exact) mass is 321 g/mol. The molecule has 1 heterocycles. The van der Waals surface area contributed by atoms with Crippen molar-refractivity contribution in [2.24, 2.45) is 0 Å². The Morgan fingerprint density at radius 1 is 1.18 bits per heavy atom. The smallest absolute Gasteiger partial charge is 0.124 e. The van der Waals surface area contributed by atoms with E-state index < -0.39 is 0 Å². The fraction of sp³-hybridized carbons (Fsp3) is 0.294. The van der Waals surface area contributed by atoms with Crippen molar-refractivity contribution in [1.82, 2.24) is 5.32 Å². The van der Waals surface area contributed by atoms with Crippen LogP contribution >= 0.6 is 12.4 Å². The van der Waals surface area contributed by atoms with E-state index in [2.05, 4.69) is 5.32 Å². The third-order valence-corrected chi connectivity index (χ3v) is 3.55. The van der Waals surface area contributed by atoms with E-state index in [-0.39, 0.29) is 24.2 Å². The van der Waals surface area contributed by atoms with Gasteiger partial charge in [0.25, 0.3) is 0 Å². The lowest BCUT2D eigenvalue weighted by molar-refractivity contribution is 0.0760. The van der Waals surface area contributed by atoms with Crippen LogP contribution in [-0.2, 0) is 11.3 Å². The molecule has 2 N–H and O–H groups in total. The van der Waals surface area contributed by atoms with Crippen LogP contribution in [0.5, 0.6) is 11.5 Å². The van der Waals surface area contributed by atoms with Gasteiger partial charge in [-0.3, -0.25) is 0 Å². The van der Waals surface area contributed by atoms with Crippen LogP contribution in [0.2, 0.25) is 0 Å². The predicted molar refractivity (Wildman–Crippen MR) is 87.7 cm³/mol. The highest BCUT2D eigenvalue weighted by atomic mass is 35.5. The number of ether oxygens (including phenoxy) is 2. The zero-order valence-corrected chi connectivity index (χ0v) is 13.0. The average molecular weight is 322 g/mol. The Kier molecular flexibility index (Phi) is 6.07. The first-order chi connectivity index (χ1) is 10.3. The third kappa shape index (κ3) is 4.13. The summed E-state index contributed by atoms with van der Waals surface area (Å²) in [6.07, 6.45) is 0. The van der Waals surface area contributed by atoms with Gasteiger partial charge in [-0.05, 0) is 17.7 Å². The lowest BCUT2D eigenvalue weighted by atomic mass is 10.1. The van der Waals surface area contributed by atoms with Gasteiger partial charge in [-0.15, -0.1) is 12.4 Å². The topological polar surface area (TPSA) is 50.7 Å². The average Bonchev–Trinajstić information content (AvgIpc) is 2.55. The molecule has 1 saturated heterocycles. The maximum atomic E-state index is 10.2. The molecule has 0 spiro atoms. The van der Waals surface area contributed by atoms with Crippen molar-refractivity contribution in [2.75, 3.05) is 19.8 Å². The first-order valence-corrected chi connectivity index (χ1v) is 7.14. The van der Waals surface area contributed by atoms with Crippen LogP contribution in [0.15, 0.2) is 48.5 Å². The Hall–Kier alpha value is -1.75. The zero-order valence-electron chi connectivity index (χ0n) is 12.2. The van der Waals surface area contributed by atoms with Gasteiger partial charge in [-0.2, -0.15) is 0 Å². The number of aromatic hydroxyl groups is 1. The van der Waals surface area contributed by atoms with Gasteiger partial charge in [-0.1, -0.05) is 30.3 Å². The Bertz CT molecular complexity index is 586. The zero-order chi connectivity index (χ0) is 14.5. The highest BCUT2D eigenvalue weighted by Crippen LogP contribution is 2.29. The largest absolute Gasteiger partial charge is 0.507 e. The summed E-state index contributed by atoms with van der Waals surface area (Å²) in [5.41, 5.74) is 1.95. The van der Waals surface area contributed by atoms with Crippen molar-refractivity contribution < 1.29 is 14.6 Å². The normalized spacial score (nSPS) is 17.5. The molecule has 4 nitrogen and oxygen atoms in total. The highest BCUT2D eigenvalue weighted by Gasteiger charge is 2.18. The molecule has 0 aliphatic carbocycles. The fourth-order valence-electron chi connectivity index (χ4n) is 2.41. The highest BCUT2D eigenvalue weighted by molar-refractivity contribution is 5.85. The summed E-state index contributed by atoms with van der Waals surface area (Å²) >= 11 is 0. The third-order valence-electron chi connectivity index (χ3n) is 3.55. The van der Waals surface area contributed by atoms with Crippen molar-refractivity contribution in [1.29, 1.82) is 0 Å². The second kappa shape index (κ2) is 8.03. The molecule has 1 atom stereocenters. The fourth-order valence-corrected chi connectivity index (χ4v) is 2.41. The van der Waals surface area contributed by atoms with Gasteiger partial charge in [0, 0.05) is 18.2 Å². The Morgan fingerprint density at radius 2 is 2.00 bits per heavy atom. The standard InChI is InChI=1S/C17H19NO3.ClH/c19-17-10-14(21-11-13-4-2-1-3-5-13)6-7-15(17)16-12-20-9-8-18-16;/h1-7,10,16,18-19H,8-9,11-12H2;1H/t16-;/m1./s1. The first kappa shape index (κ1) is 16.6. The molecule has 2 aromatic rings. The van der Waals surface area contributed by atoms with Crippen molar-refractivity contribution >= 4 is 12.4 Å². The minimum atomic E-state index is 0. The van der Waals surface area contributed by atoms with Gasteiger partial charge in [0.2, 0.25) is 0 Å². The molecular formula is C17H20ClNO3. The van der Waals surface area contributed by atoms with E-state index >= 15 is 0 Å². The van der Waals surface area contributed by atoms with Crippen LogP contribution < -0.4 is 10.1 Å². The molecule has 118 valence electrons. The van der Waals surface area contributed by atoms with E-state index in [1.54, 1.807) is 6.07 Å². The molecule has 22 heavy (non-hydrogen) atoms. The van der Waals surface area contributed by atoms with Gasteiger partial charge in [0.15, 0.2) is 0 Å². The molecule has 0 bridgehead atoms. The van der Waals surface area contributed by atoms with Gasteiger partial charge < -0.3 is 19.9 Å². The molecule has 5 heteroatoms. The Balaban J connectivity index is 0.00000176. The van der Waals surface area contributed by atoms with E-state index in [0.717, 1.165) is 24.3 Å². The van der Waals surface area contributed by atoms with E-state index in [4.69, 9.17) is 9.47 Å². The summed E-state index contributed by atoms with van der Waals surface area (Å²) in [5, 5.41) is 13.5. The predicted octanol–water partition coefficient (Wildman–Crippen LogP) is 3.05. The Labute approximate surface area is 136 Å². The van der Waals surface area contributed by atoms with E-state index in [9.17, 15) is 5.11 Å². The molecule has 0 amide bonds. The molecule has 0 aromatic heterocycles. The van der Waals surface area contributed by atoms with Crippen LogP contribution in [0.4, 0.5) is 0 Å². The number of halogens is 1. The minimum Gasteiger partial charge on any atom is -0.507 e. The maximum Gasteiger partial charge on any atom is 0.124 e. The van der Waals surface area contributed by atoms with Gasteiger partial charge in [0.1, 0.15) is 18.1 Å². The molecule has 1 fully saturated rings. The van der Waals surface area contributed by atoms with Gasteiger partial charge in [-0.25, -0.2) is 0 Å². The summed E-state index contributed by atoms with van der Waals surface area (Å²) in [4.78, 5) is 0. The van der Waals surface area contributed by atoms with E-state index in [0.29, 0.717) is 19.0 Å². The lowest BCUT2D eigenvalue weighted by Crippen LogP contribution is -2.34. The van der Waals surface area contributed by atoms with Crippen molar-refractivity contribution in [3.05, 3.63) is 59.7 Å². The number of phenolic OH excluding ortho intramolecular Hbond substituents is 1. The molecule has 0 unspecified atom stereocenters. The minimum absolute atomic E-state index is 0. The number of hydrogen-bond acceptors (Lipinski definition) is 4. The summed E-state index contributed by atoms with van der Waals surface area (Å²) in [6.45, 7) is 2.59. The summed E-state index contributed by atoms with van der Waals surface area (Å²) in [6, 6.07) is 15.4. The second-order valence-corrected chi connectivity index (χ2v) is 5.08. The summed E-state index contributed by atoms with van der Waals surface area (Å²) in [7, 11) is 0. The molecular weight excluding hydrogens is 302 g/mol. The van der Waals surface area contributed by atoms with Crippen LogP contribution in [0, 0.1) is 0 Å². The molecule has 1 aliphatic heterocycles. The van der Waals surface area contributed by atoms with Gasteiger partial charge >= 0.3 is 0 Å². The molecule has 0 saturated carbocycles. The van der Waals surface area contributed by atoms with E-state index in [1.165, 1.54) is 0 Å². The number of rotatable bonds is 4. The Morgan fingerprint density at radius 3 is 2.68 bits per heavy atom. The van der Waals surface area contributed by atoms with Crippen molar-refractivity contribution in [2.45, 2.75) is 12.6 Å². The number of phenols is 1. The maximum absolute atomic E-state index is 10.2. The van der Waals surface area contributed by atoms with Gasteiger partial charge in [0.05, 0.1) is 19.3 Å². The number of nitrogens with one attached hydrogen (secondary N) is 1. The van der Waals surface area contributed by atoms with Crippen LogP contribution in [-0.4, -0.2) is 24.9 Å². The van der Waals surface area contributed by atoms with Crippen molar-refractivity contribution in [3.63, 3.8) is 0 Å². The SMILES string of the molecule is Cl.Oc1cc(OCc2ccccc2)ccc1[C@H]1COCCN1. The molecule has 2 aromatic carbocycles. The van der Waals surface area contributed by atoms with E-state index in [1.807, 2.05) is 42.5 Å². The number of benzene rings is 2. The van der Waals surface area contributed by atoms with Crippen molar-refractivity contribution in [3.8, 4) is 11.5 Å². The quantitative estimate of drug-likeness (QED) is 0.908. The molecule has 0 radical (unpaired) electrons.